The summed E-state index contributed by atoms with van der Waals surface area (Å²) in [6.07, 6.45) is 50.2. The fourth-order valence-electron chi connectivity index (χ4n) is 6.60. The van der Waals surface area contributed by atoms with Gasteiger partial charge < -0.3 is 33.0 Å². The van der Waals surface area contributed by atoms with E-state index in [4.69, 9.17) is 18.5 Å². The molecule has 0 aliphatic rings. The van der Waals surface area contributed by atoms with E-state index in [-0.39, 0.29) is 32.2 Å². The van der Waals surface area contributed by atoms with Crippen LogP contribution < -0.4 is 4.89 Å². The lowest BCUT2D eigenvalue weighted by Gasteiger charge is -2.28. The molecule has 0 rings (SSSR count). The number of quaternary nitrogens is 1. The van der Waals surface area contributed by atoms with Gasteiger partial charge in [0.1, 0.15) is 19.8 Å². The molecule has 63 heavy (non-hydrogen) atoms. The van der Waals surface area contributed by atoms with Gasteiger partial charge in [-0.25, -0.2) is 0 Å². The van der Waals surface area contributed by atoms with E-state index in [0.717, 1.165) is 57.8 Å². The SMILES string of the molecule is CCCCCCCC/C=C\CCCCCCCCCCCCCC(=O)O[C@H](COC(=O)CCC/C=C\C/C=C\C/C=C\C/C=C\[C@@H](O)CCCC)COP(=O)([O-])OCC[N+](C)(C)C. The Labute approximate surface area is 386 Å². The van der Waals surface area contributed by atoms with Crippen LogP contribution in [0.25, 0.3) is 0 Å². The maximum atomic E-state index is 12.7. The number of carbonyl (C=O) groups excluding carboxylic acids is 2. The summed E-state index contributed by atoms with van der Waals surface area (Å²) in [4.78, 5) is 37.7. The van der Waals surface area contributed by atoms with Crippen LogP contribution in [0, 0.1) is 0 Å². The van der Waals surface area contributed by atoms with Gasteiger partial charge in [0.15, 0.2) is 6.10 Å². The molecule has 0 aromatic rings. The summed E-state index contributed by atoms with van der Waals surface area (Å²) in [5, 5.41) is 9.83. The number of likely N-dealkylation sites (N-methyl/N-ethyl adjacent to an activating group) is 1. The molecule has 0 aromatic heterocycles. The first kappa shape index (κ1) is 60.7. The Morgan fingerprint density at radius 1 is 0.571 bits per heavy atom. The first-order chi connectivity index (χ1) is 30.4. The smallest absolute Gasteiger partial charge is 0.306 e. The molecule has 0 heterocycles. The van der Waals surface area contributed by atoms with Gasteiger partial charge in [-0.05, 0) is 70.6 Å². The van der Waals surface area contributed by atoms with Crippen LogP contribution in [0.3, 0.4) is 0 Å². The van der Waals surface area contributed by atoms with Crippen molar-refractivity contribution in [1.82, 2.24) is 0 Å². The highest BCUT2D eigenvalue weighted by molar-refractivity contribution is 7.45. The van der Waals surface area contributed by atoms with E-state index in [1.807, 2.05) is 39.4 Å². The summed E-state index contributed by atoms with van der Waals surface area (Å²) < 4.78 is 33.9. The maximum Gasteiger partial charge on any atom is 0.306 e. The van der Waals surface area contributed by atoms with Crippen molar-refractivity contribution >= 4 is 19.8 Å². The second kappa shape index (κ2) is 43.6. The zero-order valence-electron chi connectivity index (χ0n) is 40.9. The molecule has 0 fully saturated rings. The molecule has 0 aliphatic carbocycles. The zero-order chi connectivity index (χ0) is 46.5. The number of rotatable bonds is 45. The van der Waals surface area contributed by atoms with Gasteiger partial charge in [0.25, 0.3) is 7.82 Å². The number of allylic oxidation sites excluding steroid dienone is 9. The topological polar surface area (TPSA) is 131 Å². The summed E-state index contributed by atoms with van der Waals surface area (Å²) in [6, 6.07) is 0. The van der Waals surface area contributed by atoms with Gasteiger partial charge in [-0.15, -0.1) is 0 Å². The van der Waals surface area contributed by atoms with E-state index >= 15 is 0 Å². The van der Waals surface area contributed by atoms with Crippen LogP contribution in [0.5, 0.6) is 0 Å². The Kier molecular flexibility index (Phi) is 41.9. The number of hydrogen-bond donors (Lipinski definition) is 1. The molecule has 366 valence electrons. The average molecular weight is 908 g/mol. The summed E-state index contributed by atoms with van der Waals surface area (Å²) in [7, 11) is 1.11. The van der Waals surface area contributed by atoms with Crippen molar-refractivity contribution in [2.45, 2.75) is 212 Å². The maximum absolute atomic E-state index is 12.7. The molecule has 0 radical (unpaired) electrons. The fourth-order valence-corrected chi connectivity index (χ4v) is 7.33. The highest BCUT2D eigenvalue weighted by atomic mass is 31.2. The summed E-state index contributed by atoms with van der Waals surface area (Å²) in [5.74, 6) is -0.923. The molecule has 0 spiro atoms. The van der Waals surface area contributed by atoms with Crippen molar-refractivity contribution in [3.05, 3.63) is 60.8 Å². The van der Waals surface area contributed by atoms with Crippen molar-refractivity contribution in [1.29, 1.82) is 0 Å². The van der Waals surface area contributed by atoms with Crippen LogP contribution in [-0.4, -0.2) is 81.2 Å². The molecule has 10 nitrogen and oxygen atoms in total. The van der Waals surface area contributed by atoms with E-state index < -0.39 is 32.5 Å². The molecular weight excluding hydrogens is 814 g/mol. The molecule has 0 amide bonds. The second-order valence-electron chi connectivity index (χ2n) is 18.0. The molecule has 1 unspecified atom stereocenters. The lowest BCUT2D eigenvalue weighted by atomic mass is 10.0. The van der Waals surface area contributed by atoms with E-state index in [2.05, 4.69) is 56.4 Å². The highest BCUT2D eigenvalue weighted by Gasteiger charge is 2.21. The number of nitrogens with zero attached hydrogens (tertiary/aromatic N) is 1. The van der Waals surface area contributed by atoms with E-state index in [0.29, 0.717) is 30.3 Å². The molecule has 0 aromatic carbocycles. The molecule has 0 saturated carbocycles. The Bertz CT molecular complexity index is 1270. The van der Waals surface area contributed by atoms with Gasteiger partial charge in [0, 0.05) is 12.8 Å². The Balaban J connectivity index is 4.37. The van der Waals surface area contributed by atoms with Crippen molar-refractivity contribution in [3.63, 3.8) is 0 Å². The standard InChI is InChI=1S/C52H94NO9P/c1-6-8-10-11-12-13-14-15-16-17-18-19-20-21-22-23-28-31-34-37-40-44-52(56)62-50(48-61-63(57,58)60-46-45-53(3,4)5)47-59-51(55)43-39-36-33-30-27-25-24-26-29-32-35-38-42-49(54)41-9-7-2/h15-16,24-25,29-30,32-33,38,42,49-50,54H,6-14,17-23,26-28,31,34-37,39-41,43-48H2,1-5H3/b16-15-,25-24-,32-29-,33-30-,42-38-/t49-,50+/m0/s1. The van der Waals surface area contributed by atoms with Gasteiger partial charge in [0.2, 0.25) is 0 Å². The Hall–Kier alpha value is -2.33. The van der Waals surface area contributed by atoms with E-state index in [1.165, 1.54) is 96.3 Å². The van der Waals surface area contributed by atoms with Gasteiger partial charge >= 0.3 is 11.9 Å². The second-order valence-corrected chi connectivity index (χ2v) is 19.4. The van der Waals surface area contributed by atoms with Gasteiger partial charge in [-0.1, -0.05) is 177 Å². The quantitative estimate of drug-likeness (QED) is 0.0208. The van der Waals surface area contributed by atoms with Gasteiger partial charge in [-0.3, -0.25) is 14.2 Å². The van der Waals surface area contributed by atoms with Gasteiger partial charge in [-0.2, -0.15) is 0 Å². The average Bonchev–Trinajstić information content (AvgIpc) is 3.23. The third kappa shape index (κ3) is 47.5. The van der Waals surface area contributed by atoms with Crippen LogP contribution in [0.4, 0.5) is 0 Å². The fraction of sp³-hybridized carbons (Fsp3) is 0.769. The molecular formula is C52H94NO9P. The predicted molar refractivity (Wildman–Crippen MR) is 260 cm³/mol. The molecule has 0 saturated heterocycles. The van der Waals surface area contributed by atoms with Crippen LogP contribution in [0.1, 0.15) is 200 Å². The lowest BCUT2D eigenvalue weighted by molar-refractivity contribution is -0.870. The number of aliphatic hydroxyl groups is 1. The number of hydrogen-bond acceptors (Lipinski definition) is 9. The molecule has 3 atom stereocenters. The summed E-state index contributed by atoms with van der Waals surface area (Å²) >= 11 is 0. The van der Waals surface area contributed by atoms with Crippen LogP contribution in [0.2, 0.25) is 0 Å². The third-order valence-corrected chi connectivity index (χ3v) is 11.5. The first-order valence-corrected chi connectivity index (χ1v) is 26.5. The lowest BCUT2D eigenvalue weighted by Crippen LogP contribution is -2.37. The van der Waals surface area contributed by atoms with Crippen molar-refractivity contribution in [2.24, 2.45) is 0 Å². The van der Waals surface area contributed by atoms with Crippen LogP contribution in [0.15, 0.2) is 60.8 Å². The number of carbonyl (C=O) groups is 2. The Morgan fingerprint density at radius 3 is 1.59 bits per heavy atom. The largest absolute Gasteiger partial charge is 0.756 e. The minimum Gasteiger partial charge on any atom is -0.756 e. The predicted octanol–water partition coefficient (Wildman–Crippen LogP) is 13.1. The highest BCUT2D eigenvalue weighted by Crippen LogP contribution is 2.38. The Morgan fingerprint density at radius 2 is 1.03 bits per heavy atom. The number of esters is 2. The number of unbranched alkanes of at least 4 members (excludes halogenated alkanes) is 19. The third-order valence-electron chi connectivity index (χ3n) is 10.6. The summed E-state index contributed by atoms with van der Waals surface area (Å²) in [6.45, 7) is 4.00. The monoisotopic (exact) mass is 908 g/mol. The molecule has 11 heteroatoms. The summed E-state index contributed by atoms with van der Waals surface area (Å²) in [5.41, 5.74) is 0. The molecule has 1 N–H and O–H groups in total. The zero-order valence-corrected chi connectivity index (χ0v) is 41.8. The number of aliphatic hydroxyl groups excluding tert-OH is 1. The van der Waals surface area contributed by atoms with Crippen LogP contribution in [-0.2, 0) is 32.7 Å². The molecule has 0 aliphatic heterocycles. The van der Waals surface area contributed by atoms with Gasteiger partial charge in [0.05, 0.1) is 33.9 Å². The van der Waals surface area contributed by atoms with Crippen LogP contribution >= 0.6 is 7.82 Å². The minimum atomic E-state index is -4.65. The normalized spacial score (nSPS) is 14.5. The molecule has 0 bridgehead atoms. The number of ether oxygens (including phenoxy) is 2. The number of phosphoric acid groups is 1. The van der Waals surface area contributed by atoms with E-state index in [9.17, 15) is 24.2 Å². The van der Waals surface area contributed by atoms with Crippen molar-refractivity contribution in [3.8, 4) is 0 Å². The van der Waals surface area contributed by atoms with Crippen molar-refractivity contribution < 1.29 is 47.2 Å². The van der Waals surface area contributed by atoms with Crippen molar-refractivity contribution in [2.75, 3.05) is 47.5 Å². The van der Waals surface area contributed by atoms with E-state index in [1.54, 1.807) is 0 Å². The first-order valence-electron chi connectivity index (χ1n) is 25.1. The minimum absolute atomic E-state index is 0.0479. The number of phosphoric ester groups is 1.